The zero-order valence-electron chi connectivity index (χ0n) is 13.8. The topological polar surface area (TPSA) is 90.6 Å². The Kier molecular flexibility index (Phi) is 6.41. The molecule has 1 amide bonds. The molecule has 6 heteroatoms. The van der Waals surface area contributed by atoms with E-state index in [0.29, 0.717) is 6.54 Å². The summed E-state index contributed by atoms with van der Waals surface area (Å²) in [4.78, 5) is 22.7. The number of carbonyl (C=O) groups is 2. The summed E-state index contributed by atoms with van der Waals surface area (Å²) in [5.74, 6) is -0.531. The summed E-state index contributed by atoms with van der Waals surface area (Å²) in [6, 6.07) is 0.0422. The molecular weight excluding hydrogens is 284 g/mol. The number of alkyl carbamates (subject to hydrolysis) is 1. The average Bonchev–Trinajstić information content (AvgIpc) is 2.41. The van der Waals surface area contributed by atoms with Gasteiger partial charge in [-0.3, -0.25) is 0 Å². The Labute approximate surface area is 132 Å². The molecule has 126 valence electrons. The lowest BCUT2D eigenvalue weighted by Crippen LogP contribution is -2.49. The van der Waals surface area contributed by atoms with Crippen LogP contribution in [0.4, 0.5) is 4.79 Å². The second-order valence-corrected chi connectivity index (χ2v) is 7.11. The van der Waals surface area contributed by atoms with Crippen LogP contribution in [0.2, 0.25) is 0 Å². The number of nitrogens with two attached hydrogens (primary N) is 1. The van der Waals surface area contributed by atoms with Gasteiger partial charge in [0, 0.05) is 12.1 Å². The van der Waals surface area contributed by atoms with Gasteiger partial charge in [0.05, 0.1) is 0 Å². The highest BCUT2D eigenvalue weighted by molar-refractivity contribution is 5.81. The van der Waals surface area contributed by atoms with Crippen LogP contribution in [0, 0.1) is 10.8 Å². The molecule has 1 aliphatic rings. The Hall–Kier alpha value is -1.56. The minimum Gasteiger partial charge on any atom is -0.459 e. The summed E-state index contributed by atoms with van der Waals surface area (Å²) in [5, 5.41) is 2.89. The quantitative estimate of drug-likeness (QED) is 0.444. The van der Waals surface area contributed by atoms with Gasteiger partial charge in [-0.2, -0.15) is 0 Å². The molecular formula is C16H28N2O4. The molecule has 2 unspecified atom stereocenters. The van der Waals surface area contributed by atoms with E-state index in [4.69, 9.17) is 15.2 Å². The van der Waals surface area contributed by atoms with Crippen molar-refractivity contribution in [3.63, 3.8) is 0 Å². The summed E-state index contributed by atoms with van der Waals surface area (Å²) in [7, 11) is 0. The Morgan fingerprint density at radius 3 is 2.50 bits per heavy atom. The van der Waals surface area contributed by atoms with E-state index in [0.717, 1.165) is 25.3 Å². The van der Waals surface area contributed by atoms with Crippen LogP contribution in [0.5, 0.6) is 0 Å². The molecule has 1 aliphatic carbocycles. The van der Waals surface area contributed by atoms with E-state index in [1.54, 1.807) is 0 Å². The molecule has 0 aliphatic heterocycles. The van der Waals surface area contributed by atoms with Gasteiger partial charge in [-0.15, -0.1) is 0 Å². The van der Waals surface area contributed by atoms with E-state index < -0.39 is 12.1 Å². The van der Waals surface area contributed by atoms with Crippen molar-refractivity contribution < 1.29 is 19.1 Å². The lowest BCUT2D eigenvalue weighted by molar-refractivity contribution is -0.138. The van der Waals surface area contributed by atoms with Crippen molar-refractivity contribution in [1.82, 2.24) is 5.32 Å². The van der Waals surface area contributed by atoms with Gasteiger partial charge in [-0.25, -0.2) is 9.59 Å². The lowest BCUT2D eigenvalue weighted by Gasteiger charge is -2.46. The van der Waals surface area contributed by atoms with Crippen LogP contribution < -0.4 is 11.1 Å². The maximum Gasteiger partial charge on any atom is 0.407 e. The molecule has 0 heterocycles. The third-order valence-corrected chi connectivity index (χ3v) is 3.99. The molecule has 1 saturated carbocycles. The second kappa shape index (κ2) is 7.63. The van der Waals surface area contributed by atoms with Crippen LogP contribution in [-0.2, 0) is 14.3 Å². The summed E-state index contributed by atoms with van der Waals surface area (Å²) in [5.41, 5.74) is 6.05. The number of rotatable bonds is 6. The molecule has 6 nitrogen and oxygen atoms in total. The number of hydrogen-bond acceptors (Lipinski definition) is 5. The maximum absolute atomic E-state index is 11.8. The molecule has 2 atom stereocenters. The number of amides is 1. The van der Waals surface area contributed by atoms with E-state index in [9.17, 15) is 9.59 Å². The summed E-state index contributed by atoms with van der Waals surface area (Å²) < 4.78 is 9.75. The molecule has 0 aromatic rings. The first-order valence-corrected chi connectivity index (χ1v) is 7.62. The van der Waals surface area contributed by atoms with E-state index in [1.165, 1.54) is 0 Å². The number of nitrogens with one attached hydrogen (secondary N) is 1. The first kappa shape index (κ1) is 18.5. The molecule has 1 fully saturated rings. The van der Waals surface area contributed by atoms with Gasteiger partial charge in [0.2, 0.25) is 0 Å². The Balaban J connectivity index is 2.40. The average molecular weight is 312 g/mol. The zero-order valence-corrected chi connectivity index (χ0v) is 13.8. The van der Waals surface area contributed by atoms with Crippen LogP contribution in [0.1, 0.15) is 40.0 Å². The molecule has 1 rings (SSSR count). The van der Waals surface area contributed by atoms with Crippen molar-refractivity contribution >= 4 is 12.1 Å². The third-order valence-electron chi connectivity index (χ3n) is 3.99. The minimum absolute atomic E-state index is 0.0228. The van der Waals surface area contributed by atoms with Gasteiger partial charge in [0.1, 0.15) is 13.2 Å². The fourth-order valence-corrected chi connectivity index (χ4v) is 3.44. The largest absolute Gasteiger partial charge is 0.459 e. The minimum atomic E-state index is -0.531. The predicted octanol–water partition coefficient (Wildman–Crippen LogP) is 1.99. The third kappa shape index (κ3) is 6.05. The standard InChI is InChI=1S/C16H28N2O4/c1-5-13(19)21-6-7-22-14(20)18-12-8-15(2,3)10-16(4,9-12)11-17/h5,12H,1,6-11,17H2,2-4H3,(H,18,20). The molecule has 3 N–H and O–H groups in total. The Morgan fingerprint density at radius 2 is 1.91 bits per heavy atom. The van der Waals surface area contributed by atoms with Gasteiger partial charge in [0.25, 0.3) is 0 Å². The van der Waals surface area contributed by atoms with Crippen molar-refractivity contribution in [1.29, 1.82) is 0 Å². The number of esters is 1. The van der Waals surface area contributed by atoms with Crippen molar-refractivity contribution in [2.24, 2.45) is 16.6 Å². The van der Waals surface area contributed by atoms with Crippen molar-refractivity contribution in [2.45, 2.75) is 46.1 Å². The van der Waals surface area contributed by atoms with Crippen LogP contribution >= 0.6 is 0 Å². The Bertz CT molecular complexity index is 422. The Morgan fingerprint density at radius 1 is 1.27 bits per heavy atom. The zero-order chi connectivity index (χ0) is 16.8. The smallest absolute Gasteiger partial charge is 0.407 e. The van der Waals surface area contributed by atoms with Crippen molar-refractivity contribution in [3.8, 4) is 0 Å². The molecule has 0 aromatic heterocycles. The molecule has 0 aromatic carbocycles. The van der Waals surface area contributed by atoms with Gasteiger partial charge >= 0.3 is 12.1 Å². The van der Waals surface area contributed by atoms with E-state index in [2.05, 4.69) is 32.7 Å². The molecule has 0 saturated heterocycles. The summed E-state index contributed by atoms with van der Waals surface area (Å²) in [6.45, 7) is 10.5. The van der Waals surface area contributed by atoms with E-state index in [-0.39, 0.29) is 30.1 Å². The predicted molar refractivity (Wildman–Crippen MR) is 84.2 cm³/mol. The normalized spacial score (nSPS) is 26.8. The summed E-state index contributed by atoms with van der Waals surface area (Å²) in [6.07, 6.45) is 3.35. The number of hydrogen-bond donors (Lipinski definition) is 2. The number of carbonyl (C=O) groups excluding carboxylic acids is 2. The SMILES string of the molecule is C=CC(=O)OCCOC(=O)NC1CC(C)(C)CC(C)(CN)C1. The highest BCUT2D eigenvalue weighted by Crippen LogP contribution is 2.45. The fraction of sp³-hybridized carbons (Fsp3) is 0.750. The number of ether oxygens (including phenoxy) is 2. The molecule has 0 radical (unpaired) electrons. The lowest BCUT2D eigenvalue weighted by atomic mass is 9.63. The molecule has 22 heavy (non-hydrogen) atoms. The second-order valence-electron chi connectivity index (χ2n) is 7.11. The first-order chi connectivity index (χ1) is 10.2. The van der Waals surface area contributed by atoms with Crippen LogP contribution in [-0.4, -0.2) is 37.9 Å². The van der Waals surface area contributed by atoms with Gasteiger partial charge in [-0.1, -0.05) is 27.4 Å². The van der Waals surface area contributed by atoms with Gasteiger partial charge in [0.15, 0.2) is 0 Å². The van der Waals surface area contributed by atoms with E-state index >= 15 is 0 Å². The van der Waals surface area contributed by atoms with E-state index in [1.807, 2.05) is 0 Å². The first-order valence-electron chi connectivity index (χ1n) is 7.62. The van der Waals surface area contributed by atoms with Crippen molar-refractivity contribution in [2.75, 3.05) is 19.8 Å². The fourth-order valence-electron chi connectivity index (χ4n) is 3.44. The van der Waals surface area contributed by atoms with Crippen molar-refractivity contribution in [3.05, 3.63) is 12.7 Å². The highest BCUT2D eigenvalue weighted by atomic mass is 16.6. The van der Waals surface area contributed by atoms with Gasteiger partial charge < -0.3 is 20.5 Å². The molecule has 0 spiro atoms. The highest BCUT2D eigenvalue weighted by Gasteiger charge is 2.41. The molecule has 0 bridgehead atoms. The van der Waals surface area contributed by atoms with Crippen LogP contribution in [0.3, 0.4) is 0 Å². The van der Waals surface area contributed by atoms with Crippen LogP contribution in [0.25, 0.3) is 0 Å². The van der Waals surface area contributed by atoms with Crippen LogP contribution in [0.15, 0.2) is 12.7 Å². The monoisotopic (exact) mass is 312 g/mol. The maximum atomic E-state index is 11.8. The van der Waals surface area contributed by atoms with Gasteiger partial charge in [-0.05, 0) is 36.6 Å². The summed E-state index contributed by atoms with van der Waals surface area (Å²) >= 11 is 0.